The number of aliphatic hydroxyl groups excluding tert-OH is 2. The summed E-state index contributed by atoms with van der Waals surface area (Å²) in [6, 6.07) is -0.189. The van der Waals surface area contributed by atoms with Crippen LogP contribution in [0.3, 0.4) is 0 Å². The molecule has 86 valence electrons. The van der Waals surface area contributed by atoms with Crippen molar-refractivity contribution < 1.29 is 15.0 Å². The predicted octanol–water partition coefficient (Wildman–Crippen LogP) is -0.0150. The molecule has 0 spiro atoms. The molecule has 15 heavy (non-hydrogen) atoms. The zero-order valence-corrected chi connectivity index (χ0v) is 9.26. The van der Waals surface area contributed by atoms with Crippen molar-refractivity contribution in [1.29, 1.82) is 0 Å². The van der Waals surface area contributed by atoms with Crippen LogP contribution >= 0.6 is 0 Å². The van der Waals surface area contributed by atoms with Crippen molar-refractivity contribution in [2.45, 2.75) is 44.9 Å². The summed E-state index contributed by atoms with van der Waals surface area (Å²) in [7, 11) is 0. The van der Waals surface area contributed by atoms with Gasteiger partial charge in [-0.05, 0) is 18.3 Å². The number of nitrogens with zero attached hydrogens (tertiary/aromatic N) is 1. The molecule has 2 fully saturated rings. The Morgan fingerprint density at radius 2 is 2.07 bits per heavy atom. The Hall–Kier alpha value is -0.610. The van der Waals surface area contributed by atoms with E-state index in [1.165, 1.54) is 0 Å². The van der Waals surface area contributed by atoms with Gasteiger partial charge in [-0.3, -0.25) is 4.79 Å². The van der Waals surface area contributed by atoms with Crippen molar-refractivity contribution in [3.05, 3.63) is 0 Å². The molecule has 1 amide bonds. The number of piperidine rings is 1. The van der Waals surface area contributed by atoms with Crippen LogP contribution in [0, 0.1) is 11.8 Å². The number of aliphatic hydroxyl groups is 2. The second kappa shape index (κ2) is 3.76. The standard InChI is InChI=1S/C11H19NO3/c1-6-7(2)11-9(14)3-4-10(15)12(11)8(6)5-13/h6-9,11,13-14H,3-5H2,1-2H3/t6-,7+,8-,9?,11?/m0/s1. The van der Waals surface area contributed by atoms with E-state index in [1.54, 1.807) is 4.90 Å². The fraction of sp³-hybridized carbons (Fsp3) is 0.909. The number of rotatable bonds is 1. The van der Waals surface area contributed by atoms with Crippen LogP contribution in [0.15, 0.2) is 0 Å². The highest BCUT2D eigenvalue weighted by atomic mass is 16.3. The Kier molecular flexibility index (Phi) is 2.73. The van der Waals surface area contributed by atoms with Gasteiger partial charge in [0.15, 0.2) is 0 Å². The number of hydrogen-bond acceptors (Lipinski definition) is 3. The summed E-state index contributed by atoms with van der Waals surface area (Å²) in [6.45, 7) is 4.10. The van der Waals surface area contributed by atoms with Crippen molar-refractivity contribution >= 4 is 5.91 Å². The van der Waals surface area contributed by atoms with Gasteiger partial charge in [0.25, 0.3) is 0 Å². The van der Waals surface area contributed by atoms with Gasteiger partial charge in [0.05, 0.1) is 24.8 Å². The molecule has 2 N–H and O–H groups in total. The topological polar surface area (TPSA) is 60.8 Å². The predicted molar refractivity (Wildman–Crippen MR) is 55.1 cm³/mol. The van der Waals surface area contributed by atoms with Crippen LogP contribution in [-0.2, 0) is 4.79 Å². The lowest BCUT2D eigenvalue weighted by Gasteiger charge is -2.37. The molecule has 2 rings (SSSR count). The fourth-order valence-corrected chi connectivity index (χ4v) is 3.10. The highest BCUT2D eigenvalue weighted by Gasteiger charge is 2.50. The van der Waals surface area contributed by atoms with Crippen molar-refractivity contribution in [1.82, 2.24) is 4.90 Å². The van der Waals surface area contributed by atoms with Crippen molar-refractivity contribution in [3.8, 4) is 0 Å². The lowest BCUT2D eigenvalue weighted by molar-refractivity contribution is -0.143. The molecule has 2 unspecified atom stereocenters. The number of amides is 1. The molecule has 2 aliphatic rings. The van der Waals surface area contributed by atoms with E-state index in [0.29, 0.717) is 12.8 Å². The SMILES string of the molecule is C[C@H]1[C@@H](C)C2C(O)CCC(=O)N2[C@H]1CO. The molecule has 0 aromatic heterocycles. The molecular formula is C11H19NO3. The largest absolute Gasteiger partial charge is 0.394 e. The van der Waals surface area contributed by atoms with Crippen LogP contribution in [0.1, 0.15) is 26.7 Å². The number of hydrogen-bond donors (Lipinski definition) is 2. The van der Waals surface area contributed by atoms with Crippen LogP contribution in [0.5, 0.6) is 0 Å². The van der Waals surface area contributed by atoms with E-state index >= 15 is 0 Å². The third-order valence-corrected chi connectivity index (χ3v) is 4.18. The Morgan fingerprint density at radius 1 is 1.40 bits per heavy atom. The van der Waals surface area contributed by atoms with Crippen molar-refractivity contribution in [3.63, 3.8) is 0 Å². The van der Waals surface area contributed by atoms with Gasteiger partial charge in [0, 0.05) is 6.42 Å². The highest BCUT2D eigenvalue weighted by molar-refractivity contribution is 5.78. The van der Waals surface area contributed by atoms with Crippen LogP contribution in [0.2, 0.25) is 0 Å². The Morgan fingerprint density at radius 3 is 2.67 bits per heavy atom. The molecule has 0 aromatic rings. The lowest BCUT2D eigenvalue weighted by Crippen LogP contribution is -2.52. The molecule has 0 bridgehead atoms. The summed E-state index contributed by atoms with van der Waals surface area (Å²) < 4.78 is 0. The summed E-state index contributed by atoms with van der Waals surface area (Å²) in [5.41, 5.74) is 0. The zero-order chi connectivity index (χ0) is 11.2. The van der Waals surface area contributed by atoms with Gasteiger partial charge in [-0.25, -0.2) is 0 Å². The average Bonchev–Trinajstić information content (AvgIpc) is 2.47. The maximum atomic E-state index is 11.8. The second-order valence-corrected chi connectivity index (χ2v) is 4.87. The molecule has 0 radical (unpaired) electrons. The van der Waals surface area contributed by atoms with Gasteiger partial charge in [0.2, 0.25) is 5.91 Å². The van der Waals surface area contributed by atoms with E-state index in [1.807, 2.05) is 6.92 Å². The minimum atomic E-state index is -0.420. The van der Waals surface area contributed by atoms with Crippen molar-refractivity contribution in [2.75, 3.05) is 6.61 Å². The minimum Gasteiger partial charge on any atom is -0.394 e. The van der Waals surface area contributed by atoms with Gasteiger partial charge < -0.3 is 15.1 Å². The summed E-state index contributed by atoms with van der Waals surface area (Å²) in [5.74, 6) is 0.610. The molecular weight excluding hydrogens is 194 g/mol. The highest BCUT2D eigenvalue weighted by Crippen LogP contribution is 2.40. The minimum absolute atomic E-state index is 0.000463. The van der Waals surface area contributed by atoms with Gasteiger partial charge in [-0.2, -0.15) is 0 Å². The average molecular weight is 213 g/mol. The summed E-state index contributed by atoms with van der Waals surface area (Å²) >= 11 is 0. The van der Waals surface area contributed by atoms with E-state index in [-0.39, 0.29) is 36.4 Å². The quantitative estimate of drug-likeness (QED) is 0.644. The first-order chi connectivity index (χ1) is 7.07. The Labute approximate surface area is 89.9 Å². The molecule has 0 aromatic carbocycles. The first-order valence-electron chi connectivity index (χ1n) is 5.68. The molecule has 4 heteroatoms. The molecule has 2 heterocycles. The fourth-order valence-electron chi connectivity index (χ4n) is 3.10. The van der Waals surface area contributed by atoms with Gasteiger partial charge in [-0.1, -0.05) is 13.8 Å². The molecule has 0 saturated carbocycles. The second-order valence-electron chi connectivity index (χ2n) is 4.87. The van der Waals surface area contributed by atoms with E-state index in [9.17, 15) is 15.0 Å². The summed E-state index contributed by atoms with van der Waals surface area (Å²) in [5, 5.41) is 19.2. The van der Waals surface area contributed by atoms with Gasteiger partial charge in [0.1, 0.15) is 0 Å². The van der Waals surface area contributed by atoms with Gasteiger partial charge >= 0.3 is 0 Å². The van der Waals surface area contributed by atoms with E-state index in [0.717, 1.165) is 0 Å². The smallest absolute Gasteiger partial charge is 0.223 e. The summed E-state index contributed by atoms with van der Waals surface area (Å²) in [4.78, 5) is 13.5. The lowest BCUT2D eigenvalue weighted by atomic mass is 9.86. The number of carbonyl (C=O) groups is 1. The first-order valence-corrected chi connectivity index (χ1v) is 5.68. The zero-order valence-electron chi connectivity index (χ0n) is 9.26. The molecule has 0 aliphatic carbocycles. The Balaban J connectivity index is 2.30. The monoisotopic (exact) mass is 213 g/mol. The van der Waals surface area contributed by atoms with Crippen LogP contribution in [0.25, 0.3) is 0 Å². The van der Waals surface area contributed by atoms with E-state index < -0.39 is 6.10 Å². The van der Waals surface area contributed by atoms with Gasteiger partial charge in [-0.15, -0.1) is 0 Å². The first kappa shape index (κ1) is 10.9. The third kappa shape index (κ3) is 1.47. The number of carbonyl (C=O) groups excluding carboxylic acids is 1. The summed E-state index contributed by atoms with van der Waals surface area (Å²) in [6.07, 6.45) is 0.555. The van der Waals surface area contributed by atoms with E-state index in [2.05, 4.69) is 6.92 Å². The van der Waals surface area contributed by atoms with Crippen LogP contribution in [-0.4, -0.2) is 45.8 Å². The van der Waals surface area contributed by atoms with Crippen LogP contribution in [0.4, 0.5) is 0 Å². The molecule has 4 nitrogen and oxygen atoms in total. The normalized spacial score (nSPS) is 45.7. The third-order valence-electron chi connectivity index (χ3n) is 4.18. The van der Waals surface area contributed by atoms with E-state index in [4.69, 9.17) is 0 Å². The maximum Gasteiger partial charge on any atom is 0.223 e. The maximum absolute atomic E-state index is 11.8. The Bertz CT molecular complexity index is 269. The van der Waals surface area contributed by atoms with Crippen LogP contribution < -0.4 is 0 Å². The van der Waals surface area contributed by atoms with Crippen molar-refractivity contribution in [2.24, 2.45) is 11.8 Å². The molecule has 2 aliphatic heterocycles. The number of fused-ring (bicyclic) bond motifs is 1. The molecule has 2 saturated heterocycles. The molecule has 5 atom stereocenters.